The van der Waals surface area contributed by atoms with Gasteiger partial charge >= 0.3 is 0 Å². The summed E-state index contributed by atoms with van der Waals surface area (Å²) in [6.07, 6.45) is 3.69. The van der Waals surface area contributed by atoms with Gasteiger partial charge in [-0.2, -0.15) is 0 Å². The van der Waals surface area contributed by atoms with Gasteiger partial charge in [-0.1, -0.05) is 127 Å². The van der Waals surface area contributed by atoms with E-state index in [1.807, 2.05) is 18.3 Å². The van der Waals surface area contributed by atoms with Crippen LogP contribution in [0.1, 0.15) is 0 Å². The molecule has 0 spiro atoms. The summed E-state index contributed by atoms with van der Waals surface area (Å²) in [7, 11) is 0. The first-order valence-corrected chi connectivity index (χ1v) is 14.8. The Morgan fingerprint density at radius 2 is 0.977 bits per heavy atom. The van der Waals surface area contributed by atoms with E-state index < -0.39 is 0 Å². The van der Waals surface area contributed by atoms with Crippen molar-refractivity contribution < 1.29 is 0 Å². The smallest absolute Gasteiger partial charge is 0.161 e. The topological polar surface area (TPSA) is 38.7 Å². The third kappa shape index (κ3) is 4.81. The normalized spacial score (nSPS) is 11.2. The fourth-order valence-electron chi connectivity index (χ4n) is 5.96. The second-order valence-corrected chi connectivity index (χ2v) is 10.9. The summed E-state index contributed by atoms with van der Waals surface area (Å²) in [5.74, 6) is 0.707. The largest absolute Gasteiger partial charge is 0.264 e. The maximum Gasteiger partial charge on any atom is 0.161 e. The lowest BCUT2D eigenvalue weighted by Crippen LogP contribution is -1.97. The standard InChI is InChI=1S/C41H27N3/c1-2-10-28(11-3-1)29-19-21-30(22-20-29)39-26-40(33-14-8-13-31(24-33)34-15-9-23-42-27-34)44-41(43-39)38-25-32-12-4-5-16-35(32)36-17-6-7-18-37(36)38/h1-27H. The van der Waals surface area contributed by atoms with Crippen LogP contribution in [0, 0.1) is 0 Å². The molecular formula is C41H27N3. The molecule has 206 valence electrons. The highest BCUT2D eigenvalue weighted by molar-refractivity contribution is 6.13. The van der Waals surface area contributed by atoms with Gasteiger partial charge in [0.15, 0.2) is 5.82 Å². The van der Waals surface area contributed by atoms with Gasteiger partial charge in [0, 0.05) is 34.6 Å². The van der Waals surface area contributed by atoms with E-state index in [4.69, 9.17) is 9.97 Å². The van der Waals surface area contributed by atoms with Gasteiger partial charge in [0.2, 0.25) is 0 Å². The number of fused-ring (bicyclic) bond motifs is 3. The van der Waals surface area contributed by atoms with Gasteiger partial charge in [0.1, 0.15) is 0 Å². The van der Waals surface area contributed by atoms with Gasteiger partial charge in [-0.15, -0.1) is 0 Å². The fraction of sp³-hybridized carbons (Fsp3) is 0. The second-order valence-electron chi connectivity index (χ2n) is 10.9. The molecule has 0 aliphatic carbocycles. The lowest BCUT2D eigenvalue weighted by Gasteiger charge is -2.14. The molecule has 0 saturated carbocycles. The number of benzene rings is 6. The van der Waals surface area contributed by atoms with E-state index in [2.05, 4.69) is 145 Å². The fourth-order valence-corrected chi connectivity index (χ4v) is 5.96. The number of pyridine rings is 1. The number of hydrogen-bond donors (Lipinski definition) is 0. The molecule has 2 heterocycles. The van der Waals surface area contributed by atoms with E-state index in [1.165, 1.54) is 27.3 Å². The van der Waals surface area contributed by atoms with Crippen molar-refractivity contribution in [2.45, 2.75) is 0 Å². The van der Waals surface area contributed by atoms with Crippen LogP contribution >= 0.6 is 0 Å². The molecule has 0 aliphatic heterocycles. The maximum atomic E-state index is 5.23. The van der Waals surface area contributed by atoms with Crippen LogP contribution in [-0.2, 0) is 0 Å². The van der Waals surface area contributed by atoms with Crippen LogP contribution < -0.4 is 0 Å². The summed E-state index contributed by atoms with van der Waals surface area (Å²) in [6.45, 7) is 0. The van der Waals surface area contributed by atoms with Gasteiger partial charge in [-0.25, -0.2) is 9.97 Å². The molecule has 0 radical (unpaired) electrons. The van der Waals surface area contributed by atoms with Crippen LogP contribution in [0.4, 0.5) is 0 Å². The van der Waals surface area contributed by atoms with Crippen molar-refractivity contribution in [3.05, 3.63) is 164 Å². The highest BCUT2D eigenvalue weighted by Crippen LogP contribution is 2.36. The van der Waals surface area contributed by atoms with Crippen LogP contribution in [0.5, 0.6) is 0 Å². The van der Waals surface area contributed by atoms with Gasteiger partial charge < -0.3 is 0 Å². The van der Waals surface area contributed by atoms with Crippen molar-refractivity contribution in [1.82, 2.24) is 15.0 Å². The quantitative estimate of drug-likeness (QED) is 0.196. The lowest BCUT2D eigenvalue weighted by atomic mass is 9.96. The molecule has 0 unspecified atom stereocenters. The zero-order valence-electron chi connectivity index (χ0n) is 23.9. The molecular weight excluding hydrogens is 534 g/mol. The molecule has 6 aromatic carbocycles. The Hall–Kier alpha value is -5.93. The third-order valence-electron chi connectivity index (χ3n) is 8.18. The van der Waals surface area contributed by atoms with E-state index in [-0.39, 0.29) is 0 Å². The highest BCUT2D eigenvalue weighted by atomic mass is 14.9. The first kappa shape index (κ1) is 25.8. The Labute approximate surface area is 256 Å². The minimum absolute atomic E-state index is 0.707. The number of rotatable bonds is 5. The van der Waals surface area contributed by atoms with Crippen molar-refractivity contribution in [3.63, 3.8) is 0 Å². The minimum Gasteiger partial charge on any atom is -0.264 e. The number of aromatic nitrogens is 3. The average Bonchev–Trinajstić information content (AvgIpc) is 3.12. The molecule has 0 amide bonds. The molecule has 8 aromatic rings. The number of hydrogen-bond acceptors (Lipinski definition) is 3. The minimum atomic E-state index is 0.707. The Bertz CT molecular complexity index is 2260. The second kappa shape index (κ2) is 11.0. The lowest BCUT2D eigenvalue weighted by molar-refractivity contribution is 1.19. The molecule has 8 rings (SSSR count). The molecule has 0 bridgehead atoms. The van der Waals surface area contributed by atoms with Crippen LogP contribution in [0.2, 0.25) is 0 Å². The Morgan fingerprint density at radius 3 is 1.77 bits per heavy atom. The Morgan fingerprint density at radius 1 is 0.364 bits per heavy atom. The molecule has 0 fully saturated rings. The van der Waals surface area contributed by atoms with E-state index in [0.29, 0.717) is 5.82 Å². The van der Waals surface area contributed by atoms with E-state index in [1.54, 1.807) is 6.20 Å². The van der Waals surface area contributed by atoms with Crippen molar-refractivity contribution >= 4 is 21.5 Å². The van der Waals surface area contributed by atoms with Crippen LogP contribution in [0.25, 0.3) is 77.7 Å². The molecule has 3 nitrogen and oxygen atoms in total. The van der Waals surface area contributed by atoms with Gasteiger partial charge in [0.25, 0.3) is 0 Å². The van der Waals surface area contributed by atoms with E-state index in [9.17, 15) is 0 Å². The number of nitrogens with zero attached hydrogens (tertiary/aromatic N) is 3. The molecule has 0 saturated heterocycles. The van der Waals surface area contributed by atoms with Gasteiger partial charge in [-0.05, 0) is 62.5 Å². The van der Waals surface area contributed by atoms with E-state index in [0.717, 1.165) is 44.6 Å². The Kier molecular flexibility index (Phi) is 6.47. The summed E-state index contributed by atoms with van der Waals surface area (Å²) in [4.78, 5) is 14.8. The first-order chi connectivity index (χ1) is 21.8. The van der Waals surface area contributed by atoms with Crippen molar-refractivity contribution in [2.75, 3.05) is 0 Å². The zero-order valence-corrected chi connectivity index (χ0v) is 23.9. The van der Waals surface area contributed by atoms with Crippen molar-refractivity contribution in [1.29, 1.82) is 0 Å². The summed E-state index contributed by atoms with van der Waals surface area (Å²) >= 11 is 0. The Balaban J connectivity index is 1.33. The van der Waals surface area contributed by atoms with Gasteiger partial charge in [0.05, 0.1) is 11.4 Å². The molecule has 0 atom stereocenters. The molecule has 2 aromatic heterocycles. The summed E-state index contributed by atoms with van der Waals surface area (Å²) in [5, 5.41) is 4.73. The van der Waals surface area contributed by atoms with Gasteiger partial charge in [-0.3, -0.25) is 4.98 Å². The van der Waals surface area contributed by atoms with Crippen LogP contribution in [0.3, 0.4) is 0 Å². The summed E-state index contributed by atoms with van der Waals surface area (Å²) in [5.41, 5.74) is 9.39. The molecule has 0 N–H and O–H groups in total. The summed E-state index contributed by atoms with van der Waals surface area (Å²) < 4.78 is 0. The summed E-state index contributed by atoms with van der Waals surface area (Å²) in [6, 6.07) is 53.0. The zero-order chi connectivity index (χ0) is 29.3. The monoisotopic (exact) mass is 561 g/mol. The molecule has 44 heavy (non-hydrogen) atoms. The van der Waals surface area contributed by atoms with Crippen molar-refractivity contribution in [2.24, 2.45) is 0 Å². The van der Waals surface area contributed by atoms with Crippen LogP contribution in [0.15, 0.2) is 164 Å². The predicted octanol–water partition coefficient (Wildman–Crippen LogP) is 10.5. The van der Waals surface area contributed by atoms with E-state index >= 15 is 0 Å². The maximum absolute atomic E-state index is 5.23. The van der Waals surface area contributed by atoms with Crippen molar-refractivity contribution in [3.8, 4) is 56.2 Å². The predicted molar refractivity (Wildman–Crippen MR) is 182 cm³/mol. The molecule has 3 heteroatoms. The SMILES string of the molecule is c1ccc(-c2ccc(-c3cc(-c4cccc(-c5cccnc5)c4)nc(-c4cc5ccccc5c5ccccc45)n3)cc2)cc1. The molecule has 0 aliphatic rings. The highest BCUT2D eigenvalue weighted by Gasteiger charge is 2.15. The first-order valence-electron chi connectivity index (χ1n) is 14.8. The average molecular weight is 562 g/mol. The third-order valence-corrected chi connectivity index (χ3v) is 8.18. The van der Waals surface area contributed by atoms with Crippen LogP contribution in [-0.4, -0.2) is 15.0 Å².